The fraction of sp³-hybridized carbons (Fsp3) is 0.909. The van der Waals surface area contributed by atoms with Gasteiger partial charge in [0.05, 0.1) is 6.61 Å². The lowest BCUT2D eigenvalue weighted by Crippen LogP contribution is -1.99. The summed E-state index contributed by atoms with van der Waals surface area (Å²) in [5.74, 6) is 0. The Labute approximate surface area is 152 Å². The molecule has 0 aromatic rings. The van der Waals surface area contributed by atoms with Crippen LogP contribution >= 0.6 is 0 Å². The van der Waals surface area contributed by atoms with Gasteiger partial charge in [0.1, 0.15) is 6.61 Å². The Bertz CT molecular complexity index is 250. The molecule has 0 bridgehead atoms. The minimum absolute atomic E-state index is 0.513. The quantitative estimate of drug-likeness (QED) is 0.0975. The van der Waals surface area contributed by atoms with Gasteiger partial charge in [-0.2, -0.15) is 0 Å². The lowest BCUT2D eigenvalue weighted by atomic mass is 10.0. The fourth-order valence-corrected chi connectivity index (χ4v) is 2.91. The summed E-state index contributed by atoms with van der Waals surface area (Å²) in [6.45, 7) is 9.22. The van der Waals surface area contributed by atoms with Crippen LogP contribution in [0, 0.1) is 0 Å². The van der Waals surface area contributed by atoms with Gasteiger partial charge in [-0.1, -0.05) is 115 Å². The summed E-state index contributed by atoms with van der Waals surface area (Å²) in [5, 5.41) is 0. The highest BCUT2D eigenvalue weighted by Crippen LogP contribution is 2.13. The van der Waals surface area contributed by atoms with E-state index in [0.29, 0.717) is 13.2 Å². The average Bonchev–Trinajstić information content (AvgIpc) is 2.56. The molecule has 0 fully saturated rings. The summed E-state index contributed by atoms with van der Waals surface area (Å²) in [7, 11) is 0. The molecule has 24 heavy (non-hydrogen) atoms. The lowest BCUT2D eigenvalue weighted by Gasteiger charge is -2.04. The number of hydrogen-bond donors (Lipinski definition) is 0. The number of unbranched alkanes of at least 4 members (excludes halogenated alkanes) is 15. The van der Waals surface area contributed by atoms with Crippen LogP contribution < -0.4 is 0 Å². The third-order valence-corrected chi connectivity index (χ3v) is 4.47. The second-order valence-electron chi connectivity index (χ2n) is 7.34. The zero-order chi connectivity index (χ0) is 17.7. The topological polar surface area (TPSA) is 18.5 Å². The molecule has 0 aromatic carbocycles. The van der Waals surface area contributed by atoms with Crippen molar-refractivity contribution in [2.75, 3.05) is 13.2 Å². The van der Waals surface area contributed by atoms with E-state index in [-0.39, 0.29) is 0 Å². The van der Waals surface area contributed by atoms with Crippen LogP contribution in [-0.4, -0.2) is 13.2 Å². The standard InChI is InChI=1S/C22H44O2/c1-4-5-6-7-8-9-10-11-12-13-14-15-16-17-18-19-20-23-24-21-22(2)3/h2,4-21H2,1,3H3. The highest BCUT2D eigenvalue weighted by atomic mass is 17.2. The molecule has 0 unspecified atom stereocenters. The summed E-state index contributed by atoms with van der Waals surface area (Å²) in [4.78, 5) is 10.1. The molecular weight excluding hydrogens is 296 g/mol. The van der Waals surface area contributed by atoms with E-state index in [2.05, 4.69) is 13.5 Å². The molecule has 0 saturated heterocycles. The zero-order valence-corrected chi connectivity index (χ0v) is 16.8. The van der Waals surface area contributed by atoms with Crippen molar-refractivity contribution in [3.05, 3.63) is 12.2 Å². The summed E-state index contributed by atoms with van der Waals surface area (Å²) >= 11 is 0. The maximum atomic E-state index is 5.10. The SMILES string of the molecule is C=C(C)COOCCCCCCCCCCCCCCCCCC. The zero-order valence-electron chi connectivity index (χ0n) is 16.8. The van der Waals surface area contributed by atoms with Crippen LogP contribution in [0.3, 0.4) is 0 Å². The van der Waals surface area contributed by atoms with E-state index >= 15 is 0 Å². The Kier molecular flexibility index (Phi) is 20.4. The Morgan fingerprint density at radius 2 is 0.958 bits per heavy atom. The third-order valence-electron chi connectivity index (χ3n) is 4.47. The van der Waals surface area contributed by atoms with Gasteiger partial charge >= 0.3 is 0 Å². The van der Waals surface area contributed by atoms with Gasteiger partial charge in [-0.05, 0) is 13.3 Å². The van der Waals surface area contributed by atoms with Gasteiger partial charge in [0.25, 0.3) is 0 Å². The molecule has 0 aliphatic rings. The molecule has 0 saturated carbocycles. The van der Waals surface area contributed by atoms with E-state index in [1.807, 2.05) is 6.92 Å². The second kappa shape index (κ2) is 20.7. The van der Waals surface area contributed by atoms with E-state index < -0.39 is 0 Å². The fourth-order valence-electron chi connectivity index (χ4n) is 2.91. The smallest absolute Gasteiger partial charge is 0.103 e. The highest BCUT2D eigenvalue weighted by molar-refractivity contribution is 4.86. The summed E-state index contributed by atoms with van der Waals surface area (Å²) < 4.78 is 0. The van der Waals surface area contributed by atoms with Crippen LogP contribution in [0.15, 0.2) is 12.2 Å². The van der Waals surface area contributed by atoms with Gasteiger partial charge in [-0.25, -0.2) is 9.78 Å². The Morgan fingerprint density at radius 1 is 0.583 bits per heavy atom. The van der Waals surface area contributed by atoms with Crippen molar-refractivity contribution in [1.29, 1.82) is 0 Å². The lowest BCUT2D eigenvalue weighted by molar-refractivity contribution is -0.288. The third kappa shape index (κ3) is 21.7. The maximum absolute atomic E-state index is 5.10. The largest absolute Gasteiger partial charge is 0.236 e. The van der Waals surface area contributed by atoms with Gasteiger partial charge in [0, 0.05) is 0 Å². The molecule has 0 radical (unpaired) electrons. The van der Waals surface area contributed by atoms with Crippen molar-refractivity contribution >= 4 is 0 Å². The van der Waals surface area contributed by atoms with E-state index in [9.17, 15) is 0 Å². The van der Waals surface area contributed by atoms with Crippen molar-refractivity contribution in [2.24, 2.45) is 0 Å². The molecule has 0 spiro atoms. The molecular formula is C22H44O2. The van der Waals surface area contributed by atoms with Crippen molar-refractivity contribution in [1.82, 2.24) is 0 Å². The average molecular weight is 341 g/mol. The molecule has 0 amide bonds. The normalized spacial score (nSPS) is 11.1. The van der Waals surface area contributed by atoms with E-state index in [1.165, 1.54) is 96.3 Å². The Balaban J connectivity index is 2.97. The summed E-state index contributed by atoms with van der Waals surface area (Å²) in [6, 6.07) is 0. The Morgan fingerprint density at radius 3 is 1.33 bits per heavy atom. The molecule has 0 aliphatic heterocycles. The summed E-state index contributed by atoms with van der Waals surface area (Å²) in [5.41, 5.74) is 1.00. The molecule has 2 nitrogen and oxygen atoms in total. The first-order chi connectivity index (χ1) is 11.8. The summed E-state index contributed by atoms with van der Waals surface area (Å²) in [6.07, 6.45) is 22.3. The highest BCUT2D eigenvalue weighted by Gasteiger charge is 1.95. The van der Waals surface area contributed by atoms with Crippen molar-refractivity contribution in [2.45, 2.75) is 117 Å². The van der Waals surface area contributed by atoms with Gasteiger partial charge in [-0.15, -0.1) is 0 Å². The van der Waals surface area contributed by atoms with Crippen molar-refractivity contribution < 1.29 is 9.78 Å². The minimum atomic E-state index is 0.513. The predicted octanol–water partition coefficient (Wildman–Crippen LogP) is 7.77. The monoisotopic (exact) mass is 340 g/mol. The van der Waals surface area contributed by atoms with Crippen LogP contribution in [0.4, 0.5) is 0 Å². The molecule has 0 aromatic heterocycles. The molecule has 0 rings (SSSR count). The van der Waals surface area contributed by atoms with Crippen molar-refractivity contribution in [3.8, 4) is 0 Å². The van der Waals surface area contributed by atoms with Gasteiger partial charge in [-0.3, -0.25) is 0 Å². The molecule has 2 heteroatoms. The van der Waals surface area contributed by atoms with Crippen molar-refractivity contribution in [3.63, 3.8) is 0 Å². The number of rotatable bonds is 20. The number of hydrogen-bond acceptors (Lipinski definition) is 2. The molecule has 0 heterocycles. The second-order valence-corrected chi connectivity index (χ2v) is 7.34. The minimum Gasteiger partial charge on any atom is -0.236 e. The molecule has 0 atom stereocenters. The van der Waals surface area contributed by atoms with E-state index in [4.69, 9.17) is 9.78 Å². The first-order valence-electron chi connectivity index (χ1n) is 10.7. The maximum Gasteiger partial charge on any atom is 0.103 e. The molecule has 0 aliphatic carbocycles. The van der Waals surface area contributed by atoms with Crippen LogP contribution in [0.25, 0.3) is 0 Å². The Hall–Kier alpha value is -0.340. The van der Waals surface area contributed by atoms with E-state index in [0.717, 1.165) is 12.0 Å². The van der Waals surface area contributed by atoms with Crippen LogP contribution in [0.1, 0.15) is 117 Å². The van der Waals surface area contributed by atoms with Gasteiger partial charge in [0.15, 0.2) is 0 Å². The van der Waals surface area contributed by atoms with Gasteiger partial charge in [0.2, 0.25) is 0 Å². The first kappa shape index (κ1) is 23.7. The van der Waals surface area contributed by atoms with Gasteiger partial charge < -0.3 is 0 Å². The van der Waals surface area contributed by atoms with Crippen LogP contribution in [0.5, 0.6) is 0 Å². The molecule has 0 N–H and O–H groups in total. The van der Waals surface area contributed by atoms with Crippen LogP contribution in [-0.2, 0) is 9.78 Å². The predicted molar refractivity (Wildman–Crippen MR) is 106 cm³/mol. The first-order valence-corrected chi connectivity index (χ1v) is 10.7. The molecule has 144 valence electrons. The van der Waals surface area contributed by atoms with E-state index in [1.54, 1.807) is 0 Å². The van der Waals surface area contributed by atoms with Crippen LogP contribution in [0.2, 0.25) is 0 Å².